The van der Waals surface area contributed by atoms with E-state index in [0.29, 0.717) is 18.5 Å². The van der Waals surface area contributed by atoms with Crippen molar-refractivity contribution in [2.75, 3.05) is 24.5 Å². The topological polar surface area (TPSA) is 53.9 Å². The van der Waals surface area contributed by atoms with E-state index in [9.17, 15) is 9.59 Å². The molecule has 2 heterocycles. The van der Waals surface area contributed by atoms with E-state index in [0.717, 1.165) is 49.6 Å². The number of piperidine rings is 1. The first-order chi connectivity index (χ1) is 14.1. The van der Waals surface area contributed by atoms with Crippen molar-refractivity contribution < 1.29 is 14.5 Å². The zero-order chi connectivity index (χ0) is 20.2. The molecular formula is C23H27ClN3O2+. The third-order valence-electron chi connectivity index (χ3n) is 5.91. The van der Waals surface area contributed by atoms with E-state index in [1.807, 2.05) is 36.4 Å². The monoisotopic (exact) mass is 412 g/mol. The lowest BCUT2D eigenvalue weighted by Crippen LogP contribution is -3.12. The summed E-state index contributed by atoms with van der Waals surface area (Å²) in [5.41, 5.74) is 2.62. The lowest BCUT2D eigenvalue weighted by atomic mass is 10.0. The highest BCUT2D eigenvalue weighted by Gasteiger charge is 2.28. The third-order valence-corrected chi connectivity index (χ3v) is 6.16. The Morgan fingerprint density at radius 1 is 1.10 bits per heavy atom. The maximum absolute atomic E-state index is 12.9. The number of quaternary nitrogens is 1. The first-order valence-electron chi connectivity index (χ1n) is 10.4. The van der Waals surface area contributed by atoms with Crippen molar-refractivity contribution in [2.45, 2.75) is 38.3 Å². The fourth-order valence-electron chi connectivity index (χ4n) is 4.31. The van der Waals surface area contributed by atoms with Crippen molar-refractivity contribution in [1.29, 1.82) is 0 Å². The van der Waals surface area contributed by atoms with Gasteiger partial charge in [-0.25, -0.2) is 0 Å². The molecule has 2 N–H and O–H groups in total. The van der Waals surface area contributed by atoms with Crippen LogP contribution in [0.3, 0.4) is 0 Å². The number of amides is 2. The molecule has 0 aliphatic carbocycles. The Labute approximate surface area is 176 Å². The number of anilines is 1. The standard InChI is InChI=1S/C23H26ClN3O2/c24-18-9-7-17(8-10-18)16-26-14-11-19(12-15-26)25-23(29)20-4-1-2-5-21(20)27-13-3-6-22(27)28/h1-2,4-5,7-10,19H,3,6,11-16H2,(H,25,29)/p+1. The van der Waals surface area contributed by atoms with Crippen LogP contribution < -0.4 is 15.1 Å². The average Bonchev–Trinajstić information content (AvgIpc) is 3.17. The molecular weight excluding hydrogens is 386 g/mol. The highest BCUT2D eigenvalue weighted by Crippen LogP contribution is 2.25. The van der Waals surface area contributed by atoms with Gasteiger partial charge in [0.25, 0.3) is 5.91 Å². The van der Waals surface area contributed by atoms with Crippen LogP contribution in [0.1, 0.15) is 41.6 Å². The number of hydrogen-bond donors (Lipinski definition) is 2. The van der Waals surface area contributed by atoms with Gasteiger partial charge in [-0.1, -0.05) is 35.9 Å². The molecule has 2 aromatic carbocycles. The summed E-state index contributed by atoms with van der Waals surface area (Å²) in [7, 11) is 0. The number of nitrogens with zero attached hydrogens (tertiary/aromatic N) is 1. The molecule has 0 spiro atoms. The van der Waals surface area contributed by atoms with Crippen LogP contribution in [0.25, 0.3) is 0 Å². The molecule has 2 aliphatic heterocycles. The van der Waals surface area contributed by atoms with E-state index < -0.39 is 0 Å². The smallest absolute Gasteiger partial charge is 0.253 e. The summed E-state index contributed by atoms with van der Waals surface area (Å²) < 4.78 is 0. The molecule has 152 valence electrons. The fraction of sp³-hybridized carbons (Fsp3) is 0.391. The maximum atomic E-state index is 12.9. The van der Waals surface area contributed by atoms with Crippen LogP contribution in [0.4, 0.5) is 5.69 Å². The summed E-state index contributed by atoms with van der Waals surface area (Å²) in [6.07, 6.45) is 3.33. The quantitative estimate of drug-likeness (QED) is 0.792. The second-order valence-corrected chi connectivity index (χ2v) is 8.40. The van der Waals surface area contributed by atoms with E-state index >= 15 is 0 Å². The van der Waals surface area contributed by atoms with Crippen molar-refractivity contribution in [3.05, 3.63) is 64.7 Å². The largest absolute Gasteiger partial charge is 0.349 e. The van der Waals surface area contributed by atoms with Gasteiger partial charge in [0.1, 0.15) is 6.54 Å². The summed E-state index contributed by atoms with van der Waals surface area (Å²) >= 11 is 5.96. The van der Waals surface area contributed by atoms with Crippen LogP contribution in [0, 0.1) is 0 Å². The van der Waals surface area contributed by atoms with Gasteiger partial charge < -0.3 is 15.1 Å². The van der Waals surface area contributed by atoms with Crippen molar-refractivity contribution in [1.82, 2.24) is 5.32 Å². The molecule has 4 rings (SSSR count). The maximum Gasteiger partial charge on any atom is 0.253 e. The van der Waals surface area contributed by atoms with Crippen LogP contribution in [0.2, 0.25) is 5.02 Å². The number of rotatable bonds is 5. The van der Waals surface area contributed by atoms with E-state index in [-0.39, 0.29) is 17.9 Å². The lowest BCUT2D eigenvalue weighted by molar-refractivity contribution is -0.918. The molecule has 5 nitrogen and oxygen atoms in total. The minimum atomic E-state index is -0.0774. The second-order valence-electron chi connectivity index (χ2n) is 7.97. The van der Waals surface area contributed by atoms with E-state index in [1.165, 1.54) is 10.5 Å². The SMILES string of the molecule is O=C(NC1CC[NH+](Cc2ccc(Cl)cc2)CC1)c1ccccc1N1CCCC1=O. The van der Waals surface area contributed by atoms with Gasteiger partial charge in [0, 0.05) is 42.4 Å². The van der Waals surface area contributed by atoms with Gasteiger partial charge >= 0.3 is 0 Å². The van der Waals surface area contributed by atoms with Gasteiger partial charge in [-0.05, 0) is 30.7 Å². The van der Waals surface area contributed by atoms with E-state index in [4.69, 9.17) is 11.6 Å². The van der Waals surface area contributed by atoms with Gasteiger partial charge in [-0.15, -0.1) is 0 Å². The van der Waals surface area contributed by atoms with Crippen LogP contribution >= 0.6 is 11.6 Å². The normalized spacial score (nSPS) is 22.0. The molecule has 0 atom stereocenters. The Balaban J connectivity index is 1.33. The fourth-order valence-corrected chi connectivity index (χ4v) is 4.43. The van der Waals surface area contributed by atoms with Crippen molar-refractivity contribution in [3.63, 3.8) is 0 Å². The second kappa shape index (κ2) is 8.97. The van der Waals surface area contributed by atoms with Crippen LogP contribution in [-0.2, 0) is 11.3 Å². The van der Waals surface area contributed by atoms with Crippen LogP contribution in [-0.4, -0.2) is 37.5 Å². The molecule has 2 fully saturated rings. The van der Waals surface area contributed by atoms with Gasteiger partial charge in [-0.3, -0.25) is 9.59 Å². The number of benzene rings is 2. The zero-order valence-corrected chi connectivity index (χ0v) is 17.3. The Hall–Kier alpha value is -2.37. The lowest BCUT2D eigenvalue weighted by Gasteiger charge is -2.30. The first kappa shape index (κ1) is 19.9. The number of hydrogen-bond acceptors (Lipinski definition) is 2. The number of likely N-dealkylation sites (tertiary alicyclic amines) is 1. The van der Waals surface area contributed by atoms with Gasteiger partial charge in [-0.2, -0.15) is 0 Å². The predicted molar refractivity (Wildman–Crippen MR) is 114 cm³/mol. The zero-order valence-electron chi connectivity index (χ0n) is 16.5. The van der Waals surface area contributed by atoms with Gasteiger partial charge in [0.05, 0.1) is 24.3 Å². The third kappa shape index (κ3) is 4.80. The molecule has 0 unspecified atom stereocenters. The summed E-state index contributed by atoms with van der Waals surface area (Å²) in [5, 5.41) is 3.96. The molecule has 2 saturated heterocycles. The molecule has 2 aromatic rings. The summed E-state index contributed by atoms with van der Waals surface area (Å²) in [6, 6.07) is 15.7. The van der Waals surface area contributed by atoms with Gasteiger partial charge in [0.2, 0.25) is 5.91 Å². The Bertz CT molecular complexity index is 876. The first-order valence-corrected chi connectivity index (χ1v) is 10.8. The summed E-state index contributed by atoms with van der Waals surface area (Å²) in [5.74, 6) is 0.0239. The molecule has 0 bridgehead atoms. The Morgan fingerprint density at radius 2 is 1.83 bits per heavy atom. The molecule has 0 aromatic heterocycles. The number of nitrogens with one attached hydrogen (secondary N) is 2. The summed E-state index contributed by atoms with van der Waals surface area (Å²) in [6.45, 7) is 3.73. The highest BCUT2D eigenvalue weighted by atomic mass is 35.5. The Morgan fingerprint density at radius 3 is 2.52 bits per heavy atom. The Kier molecular flexibility index (Phi) is 6.16. The van der Waals surface area contributed by atoms with Crippen molar-refractivity contribution in [3.8, 4) is 0 Å². The molecule has 0 radical (unpaired) electrons. The molecule has 2 amide bonds. The molecule has 2 aliphatic rings. The molecule has 29 heavy (non-hydrogen) atoms. The van der Waals surface area contributed by atoms with E-state index in [1.54, 1.807) is 4.90 Å². The summed E-state index contributed by atoms with van der Waals surface area (Å²) in [4.78, 5) is 28.3. The molecule has 6 heteroatoms. The van der Waals surface area contributed by atoms with Crippen molar-refractivity contribution in [2.24, 2.45) is 0 Å². The van der Waals surface area contributed by atoms with E-state index in [2.05, 4.69) is 17.4 Å². The van der Waals surface area contributed by atoms with Crippen LogP contribution in [0.15, 0.2) is 48.5 Å². The van der Waals surface area contributed by atoms with Gasteiger partial charge in [0.15, 0.2) is 0 Å². The van der Waals surface area contributed by atoms with Crippen molar-refractivity contribution >= 4 is 29.1 Å². The van der Waals surface area contributed by atoms with Crippen LogP contribution in [0.5, 0.6) is 0 Å². The number of carbonyl (C=O) groups excluding carboxylic acids is 2. The number of halogens is 1. The highest BCUT2D eigenvalue weighted by molar-refractivity contribution is 6.30. The minimum absolute atomic E-state index is 0.0774. The number of para-hydroxylation sites is 1. The minimum Gasteiger partial charge on any atom is -0.349 e. The number of carbonyl (C=O) groups is 2. The predicted octanol–water partition coefficient (Wildman–Crippen LogP) is 2.44. The average molecular weight is 413 g/mol. The molecule has 0 saturated carbocycles.